The Bertz CT molecular complexity index is 908. The average Bonchev–Trinajstić information content (AvgIpc) is 3.08. The normalized spacial score (nSPS) is 12.9. The Balaban J connectivity index is 1.97. The topological polar surface area (TPSA) is 46.2 Å². The second-order valence-corrected chi connectivity index (χ2v) is 8.20. The van der Waals surface area contributed by atoms with E-state index in [1.165, 1.54) is 47.7 Å². The minimum Gasteiger partial charge on any atom is -0.207 e. The van der Waals surface area contributed by atoms with Crippen molar-refractivity contribution in [2.75, 3.05) is 0 Å². The van der Waals surface area contributed by atoms with E-state index >= 15 is 0 Å². The van der Waals surface area contributed by atoms with Gasteiger partial charge in [-0.15, -0.1) is 11.3 Å². The zero-order valence-corrected chi connectivity index (χ0v) is 14.7. The van der Waals surface area contributed by atoms with Gasteiger partial charge >= 0.3 is 0 Å². The van der Waals surface area contributed by atoms with Crippen molar-refractivity contribution < 1.29 is 12.8 Å². The third-order valence-electron chi connectivity index (χ3n) is 3.43. The number of thiophene rings is 1. The van der Waals surface area contributed by atoms with E-state index in [-0.39, 0.29) is 10.7 Å². The van der Waals surface area contributed by atoms with Gasteiger partial charge in [0.05, 0.1) is 10.9 Å². The van der Waals surface area contributed by atoms with Crippen molar-refractivity contribution in [3.8, 4) is 0 Å². The van der Waals surface area contributed by atoms with Crippen LogP contribution < -0.4 is 4.72 Å². The first-order chi connectivity index (χ1) is 11.5. The van der Waals surface area contributed by atoms with E-state index in [1.807, 2.05) is 17.5 Å². The highest BCUT2D eigenvalue weighted by molar-refractivity contribution is 7.89. The number of nitrogens with one attached hydrogen (secondary N) is 1. The molecule has 1 heterocycles. The van der Waals surface area contributed by atoms with Gasteiger partial charge in [0.2, 0.25) is 10.0 Å². The largest absolute Gasteiger partial charge is 0.241 e. The quantitative estimate of drug-likeness (QED) is 0.701. The Kier molecular flexibility index (Phi) is 5.01. The SMILES string of the molecule is O=S(=O)(NC(c1ccc(F)cc1)c1cccs1)c1ccc(Cl)cc1. The highest BCUT2D eigenvalue weighted by Crippen LogP contribution is 2.28. The maximum absolute atomic E-state index is 13.2. The van der Waals surface area contributed by atoms with E-state index in [2.05, 4.69) is 4.72 Å². The fourth-order valence-corrected chi connectivity index (χ4v) is 4.44. The summed E-state index contributed by atoms with van der Waals surface area (Å²) < 4.78 is 41.2. The lowest BCUT2D eigenvalue weighted by Crippen LogP contribution is -2.29. The van der Waals surface area contributed by atoms with Gasteiger partial charge in [0.15, 0.2) is 0 Å². The van der Waals surface area contributed by atoms with Crippen LogP contribution in [0.4, 0.5) is 4.39 Å². The highest BCUT2D eigenvalue weighted by Gasteiger charge is 2.23. The van der Waals surface area contributed by atoms with Crippen molar-refractivity contribution in [1.29, 1.82) is 0 Å². The van der Waals surface area contributed by atoms with Gasteiger partial charge in [-0.1, -0.05) is 29.8 Å². The number of halogens is 2. The zero-order valence-electron chi connectivity index (χ0n) is 12.3. The molecule has 0 aliphatic carbocycles. The van der Waals surface area contributed by atoms with E-state index < -0.39 is 16.1 Å². The summed E-state index contributed by atoms with van der Waals surface area (Å²) in [6, 6.07) is 14.8. The number of hydrogen-bond acceptors (Lipinski definition) is 3. The Hall–Kier alpha value is -1.73. The molecule has 0 bridgehead atoms. The summed E-state index contributed by atoms with van der Waals surface area (Å²) in [5, 5.41) is 2.32. The standard InChI is InChI=1S/C17H13ClFNO2S2/c18-13-5-9-15(10-6-13)24(21,22)20-17(16-2-1-11-23-16)12-3-7-14(19)8-4-12/h1-11,17,20H. The molecule has 0 aliphatic heterocycles. The Morgan fingerprint density at radius 3 is 2.25 bits per heavy atom. The van der Waals surface area contributed by atoms with Crippen LogP contribution in [0.1, 0.15) is 16.5 Å². The van der Waals surface area contributed by atoms with Crippen LogP contribution in [-0.2, 0) is 10.0 Å². The second kappa shape index (κ2) is 7.03. The van der Waals surface area contributed by atoms with Crippen LogP contribution >= 0.6 is 22.9 Å². The van der Waals surface area contributed by atoms with Gasteiger partial charge in [0.1, 0.15) is 5.82 Å². The smallest absolute Gasteiger partial charge is 0.207 e. The summed E-state index contributed by atoms with van der Waals surface area (Å²) in [5.41, 5.74) is 0.663. The summed E-state index contributed by atoms with van der Waals surface area (Å²) in [5.74, 6) is -0.371. The van der Waals surface area contributed by atoms with Crippen LogP contribution in [0.5, 0.6) is 0 Å². The molecule has 0 aliphatic rings. The average molecular weight is 382 g/mol. The lowest BCUT2D eigenvalue weighted by atomic mass is 10.1. The molecule has 0 radical (unpaired) electrons. The number of rotatable bonds is 5. The van der Waals surface area contributed by atoms with Crippen molar-refractivity contribution in [3.63, 3.8) is 0 Å². The Morgan fingerprint density at radius 2 is 1.67 bits per heavy atom. The van der Waals surface area contributed by atoms with Gasteiger partial charge in [-0.3, -0.25) is 0 Å². The van der Waals surface area contributed by atoms with E-state index in [1.54, 1.807) is 12.1 Å². The highest BCUT2D eigenvalue weighted by atomic mass is 35.5. The molecule has 1 aromatic heterocycles. The van der Waals surface area contributed by atoms with Gasteiger partial charge in [-0.2, -0.15) is 4.72 Å². The van der Waals surface area contributed by atoms with Crippen LogP contribution in [0.15, 0.2) is 70.9 Å². The molecule has 24 heavy (non-hydrogen) atoms. The molecule has 0 saturated carbocycles. The second-order valence-electron chi connectivity index (χ2n) is 5.08. The van der Waals surface area contributed by atoms with Crippen LogP contribution in [-0.4, -0.2) is 8.42 Å². The summed E-state index contributed by atoms with van der Waals surface area (Å²) in [6.45, 7) is 0. The molecular weight excluding hydrogens is 369 g/mol. The minimum absolute atomic E-state index is 0.121. The van der Waals surface area contributed by atoms with Crippen molar-refractivity contribution in [1.82, 2.24) is 4.72 Å². The fourth-order valence-electron chi connectivity index (χ4n) is 2.24. The minimum atomic E-state index is -3.76. The first kappa shape index (κ1) is 17.1. The predicted octanol–water partition coefficient (Wildman–Crippen LogP) is 4.61. The van der Waals surface area contributed by atoms with Gasteiger partial charge < -0.3 is 0 Å². The lowest BCUT2D eigenvalue weighted by molar-refractivity contribution is 0.573. The number of hydrogen-bond donors (Lipinski definition) is 1. The van der Waals surface area contributed by atoms with Crippen molar-refractivity contribution in [3.05, 3.63) is 87.3 Å². The first-order valence-corrected chi connectivity index (χ1v) is 9.76. The summed E-state index contributed by atoms with van der Waals surface area (Å²) in [4.78, 5) is 0.940. The van der Waals surface area contributed by atoms with Crippen molar-refractivity contribution >= 4 is 33.0 Å². The molecule has 0 saturated heterocycles. The molecule has 1 N–H and O–H groups in total. The van der Waals surface area contributed by atoms with Gasteiger partial charge in [0, 0.05) is 9.90 Å². The molecule has 124 valence electrons. The van der Waals surface area contributed by atoms with Crippen LogP contribution in [0, 0.1) is 5.82 Å². The van der Waals surface area contributed by atoms with Gasteiger partial charge in [-0.25, -0.2) is 12.8 Å². The number of sulfonamides is 1. The zero-order chi connectivity index (χ0) is 17.2. The molecule has 7 heteroatoms. The molecule has 0 amide bonds. The van der Waals surface area contributed by atoms with E-state index in [9.17, 15) is 12.8 Å². The summed E-state index contributed by atoms with van der Waals surface area (Å²) >= 11 is 7.24. The molecule has 0 fully saturated rings. The number of benzene rings is 2. The van der Waals surface area contributed by atoms with Crippen LogP contribution in [0.3, 0.4) is 0 Å². The monoisotopic (exact) mass is 381 g/mol. The first-order valence-electron chi connectivity index (χ1n) is 7.02. The van der Waals surface area contributed by atoms with Crippen LogP contribution in [0.2, 0.25) is 5.02 Å². The molecule has 3 nitrogen and oxygen atoms in total. The summed E-state index contributed by atoms with van der Waals surface area (Å²) in [7, 11) is -3.76. The molecular formula is C17H13ClFNO2S2. The Labute approximate surface area is 148 Å². The lowest BCUT2D eigenvalue weighted by Gasteiger charge is -2.18. The van der Waals surface area contributed by atoms with E-state index in [0.29, 0.717) is 10.6 Å². The van der Waals surface area contributed by atoms with Crippen molar-refractivity contribution in [2.45, 2.75) is 10.9 Å². The molecule has 1 unspecified atom stereocenters. The molecule has 3 aromatic rings. The predicted molar refractivity (Wildman–Crippen MR) is 94.3 cm³/mol. The maximum Gasteiger partial charge on any atom is 0.241 e. The summed E-state index contributed by atoms with van der Waals surface area (Å²) in [6.07, 6.45) is 0. The molecule has 0 spiro atoms. The molecule has 1 atom stereocenters. The van der Waals surface area contributed by atoms with E-state index in [0.717, 1.165) is 4.88 Å². The third kappa shape index (κ3) is 3.84. The molecule has 2 aromatic carbocycles. The maximum atomic E-state index is 13.2. The van der Waals surface area contributed by atoms with Gasteiger partial charge in [0.25, 0.3) is 0 Å². The van der Waals surface area contributed by atoms with Crippen molar-refractivity contribution in [2.24, 2.45) is 0 Å². The van der Waals surface area contributed by atoms with Crippen LogP contribution in [0.25, 0.3) is 0 Å². The fraction of sp³-hybridized carbons (Fsp3) is 0.0588. The third-order valence-corrected chi connectivity index (χ3v) is 6.06. The Morgan fingerprint density at radius 1 is 1.00 bits per heavy atom. The molecule has 3 rings (SSSR count). The van der Waals surface area contributed by atoms with Gasteiger partial charge in [-0.05, 0) is 53.4 Å². The van der Waals surface area contributed by atoms with E-state index in [4.69, 9.17) is 11.6 Å².